The van der Waals surface area contributed by atoms with Gasteiger partial charge < -0.3 is 14.4 Å². The molecule has 0 saturated carbocycles. The van der Waals surface area contributed by atoms with E-state index in [2.05, 4.69) is 33.0 Å². The summed E-state index contributed by atoms with van der Waals surface area (Å²) in [5.74, 6) is 0.202. The Balaban J connectivity index is 1.16. The van der Waals surface area contributed by atoms with Crippen molar-refractivity contribution in [2.45, 2.75) is 13.0 Å². The minimum Gasteiger partial charge on any atom is -0.347 e. The molecule has 0 bridgehead atoms. The molecule has 5 rings (SSSR count). The second-order valence-corrected chi connectivity index (χ2v) is 8.98. The van der Waals surface area contributed by atoms with Crippen LogP contribution in [0.25, 0.3) is 22.2 Å². The van der Waals surface area contributed by atoms with E-state index in [4.69, 9.17) is 16.6 Å². The molecule has 0 atom stereocenters. The van der Waals surface area contributed by atoms with Crippen LogP contribution in [0.3, 0.4) is 0 Å². The highest BCUT2D eigenvalue weighted by atomic mass is 35.5. The van der Waals surface area contributed by atoms with Gasteiger partial charge in [-0.3, -0.25) is 4.79 Å². The predicted molar refractivity (Wildman–Crippen MR) is 128 cm³/mol. The predicted octanol–water partition coefficient (Wildman–Crippen LogP) is 5.16. The highest BCUT2D eigenvalue weighted by Gasteiger charge is 2.23. The third-order valence-corrected chi connectivity index (χ3v) is 6.90. The minimum absolute atomic E-state index is 0.202. The van der Waals surface area contributed by atoms with Crippen molar-refractivity contribution in [3.05, 3.63) is 71.2 Å². The van der Waals surface area contributed by atoms with Crippen LogP contribution in [0.2, 0.25) is 5.02 Å². The lowest BCUT2D eigenvalue weighted by atomic mass is 10.2. The number of carbonyl (C=O) groups is 1. The zero-order chi connectivity index (χ0) is 21.2. The molecule has 31 heavy (non-hydrogen) atoms. The number of anilines is 1. The van der Waals surface area contributed by atoms with Gasteiger partial charge in [0.05, 0.1) is 5.69 Å². The molecule has 5 nitrogen and oxygen atoms in total. The van der Waals surface area contributed by atoms with Crippen LogP contribution in [-0.2, 0) is 11.3 Å². The summed E-state index contributed by atoms with van der Waals surface area (Å²) >= 11 is 7.80. The van der Waals surface area contributed by atoms with E-state index in [1.807, 2.05) is 47.5 Å². The molecular weight excluding hydrogens is 428 g/mol. The molecular formula is C24H23ClN4OS. The summed E-state index contributed by atoms with van der Waals surface area (Å²) in [5.41, 5.74) is 3.22. The lowest BCUT2D eigenvalue weighted by molar-refractivity contribution is -0.131. The van der Waals surface area contributed by atoms with Gasteiger partial charge in [0.2, 0.25) is 5.91 Å². The third-order valence-electron chi connectivity index (χ3n) is 5.77. The molecule has 0 radical (unpaired) electrons. The van der Waals surface area contributed by atoms with Crippen molar-refractivity contribution in [3.63, 3.8) is 0 Å². The summed E-state index contributed by atoms with van der Waals surface area (Å²) in [5, 5.41) is 4.99. The first-order valence-corrected chi connectivity index (χ1v) is 11.7. The monoisotopic (exact) mass is 450 g/mol. The van der Waals surface area contributed by atoms with Crippen molar-refractivity contribution < 1.29 is 4.79 Å². The standard InChI is InChI=1S/C24H23ClN4OS/c25-20-7-6-19-8-10-27(22(19)16-20)11-9-23(30)28-12-14-29(15-13-28)24-26-21(17-31-24)18-4-2-1-3-5-18/h1-8,10,16-17H,9,11-15H2. The average molecular weight is 451 g/mol. The highest BCUT2D eigenvalue weighted by Crippen LogP contribution is 2.28. The van der Waals surface area contributed by atoms with Crippen LogP contribution < -0.4 is 4.90 Å². The highest BCUT2D eigenvalue weighted by molar-refractivity contribution is 7.14. The van der Waals surface area contributed by atoms with Gasteiger partial charge in [-0.15, -0.1) is 11.3 Å². The number of thiazole rings is 1. The molecule has 0 aliphatic carbocycles. The number of halogens is 1. The summed E-state index contributed by atoms with van der Waals surface area (Å²) < 4.78 is 2.11. The Kier molecular flexibility index (Phi) is 5.66. The summed E-state index contributed by atoms with van der Waals surface area (Å²) in [6, 6.07) is 18.2. The van der Waals surface area contributed by atoms with Gasteiger partial charge in [0.25, 0.3) is 0 Å². The first-order chi connectivity index (χ1) is 15.2. The zero-order valence-corrected chi connectivity index (χ0v) is 18.6. The maximum atomic E-state index is 12.8. The molecule has 2 aromatic carbocycles. The minimum atomic E-state index is 0.202. The van der Waals surface area contributed by atoms with Crippen LogP contribution in [0.1, 0.15) is 6.42 Å². The Morgan fingerprint density at radius 3 is 2.65 bits per heavy atom. The van der Waals surface area contributed by atoms with Crippen LogP contribution in [0.5, 0.6) is 0 Å². The smallest absolute Gasteiger partial charge is 0.224 e. The number of aromatic nitrogens is 2. The van der Waals surface area contributed by atoms with E-state index in [1.54, 1.807) is 11.3 Å². The largest absolute Gasteiger partial charge is 0.347 e. The van der Waals surface area contributed by atoms with Gasteiger partial charge >= 0.3 is 0 Å². The van der Waals surface area contributed by atoms with Crippen LogP contribution >= 0.6 is 22.9 Å². The van der Waals surface area contributed by atoms with Crippen molar-refractivity contribution in [2.24, 2.45) is 0 Å². The second kappa shape index (κ2) is 8.73. The number of benzene rings is 2. The van der Waals surface area contributed by atoms with E-state index in [9.17, 15) is 4.79 Å². The lowest BCUT2D eigenvalue weighted by Gasteiger charge is -2.34. The number of carbonyl (C=O) groups excluding carboxylic acids is 1. The number of nitrogens with zero attached hydrogens (tertiary/aromatic N) is 4. The number of aryl methyl sites for hydroxylation is 1. The third kappa shape index (κ3) is 4.31. The van der Waals surface area contributed by atoms with Crippen LogP contribution in [0.4, 0.5) is 5.13 Å². The van der Waals surface area contributed by atoms with Gasteiger partial charge in [-0.05, 0) is 23.6 Å². The SMILES string of the molecule is O=C(CCn1ccc2ccc(Cl)cc21)N1CCN(c2nc(-c3ccccc3)cs2)CC1. The van der Waals surface area contributed by atoms with Gasteiger partial charge in [-0.2, -0.15) is 0 Å². The van der Waals surface area contributed by atoms with E-state index >= 15 is 0 Å². The summed E-state index contributed by atoms with van der Waals surface area (Å²) in [7, 11) is 0. The molecule has 0 unspecified atom stereocenters. The van der Waals surface area contributed by atoms with Gasteiger partial charge in [-0.1, -0.05) is 48.0 Å². The number of piperazine rings is 1. The molecule has 1 aliphatic heterocycles. The van der Waals surface area contributed by atoms with E-state index in [0.717, 1.165) is 53.5 Å². The van der Waals surface area contributed by atoms with Crippen molar-refractivity contribution >= 4 is 44.9 Å². The van der Waals surface area contributed by atoms with Gasteiger partial charge in [-0.25, -0.2) is 4.98 Å². The maximum absolute atomic E-state index is 12.8. The molecule has 1 fully saturated rings. The number of hydrogen-bond donors (Lipinski definition) is 0. The van der Waals surface area contributed by atoms with Gasteiger partial charge in [0.1, 0.15) is 0 Å². The van der Waals surface area contributed by atoms with Gasteiger partial charge in [0, 0.05) is 66.8 Å². The van der Waals surface area contributed by atoms with E-state index in [-0.39, 0.29) is 5.91 Å². The normalized spacial score (nSPS) is 14.4. The maximum Gasteiger partial charge on any atom is 0.224 e. The van der Waals surface area contributed by atoms with Crippen molar-refractivity contribution in [3.8, 4) is 11.3 Å². The first-order valence-electron chi connectivity index (χ1n) is 10.5. The molecule has 7 heteroatoms. The van der Waals surface area contributed by atoms with Gasteiger partial charge in [0.15, 0.2) is 5.13 Å². The lowest BCUT2D eigenvalue weighted by Crippen LogP contribution is -2.48. The molecule has 0 N–H and O–H groups in total. The molecule has 1 amide bonds. The Labute approximate surface area is 190 Å². The van der Waals surface area contributed by atoms with Crippen LogP contribution in [-0.4, -0.2) is 46.5 Å². The Morgan fingerprint density at radius 2 is 1.84 bits per heavy atom. The number of amides is 1. The summed E-state index contributed by atoms with van der Waals surface area (Å²) in [4.78, 5) is 21.8. The topological polar surface area (TPSA) is 41.4 Å². The number of rotatable bonds is 5. The Bertz CT molecular complexity index is 1190. The molecule has 3 heterocycles. The zero-order valence-electron chi connectivity index (χ0n) is 17.1. The van der Waals surface area contributed by atoms with Crippen LogP contribution in [0.15, 0.2) is 66.2 Å². The Hall–Kier alpha value is -2.83. The fraction of sp³-hybridized carbons (Fsp3) is 0.250. The summed E-state index contributed by atoms with van der Waals surface area (Å²) in [6.45, 7) is 3.76. The van der Waals surface area contributed by atoms with Crippen molar-refractivity contribution in [2.75, 3.05) is 31.1 Å². The summed E-state index contributed by atoms with van der Waals surface area (Å²) in [6.07, 6.45) is 2.52. The average Bonchev–Trinajstić information content (AvgIpc) is 3.46. The molecule has 158 valence electrons. The first kappa shape index (κ1) is 20.1. The number of hydrogen-bond acceptors (Lipinski definition) is 4. The second-order valence-electron chi connectivity index (χ2n) is 7.71. The van der Waals surface area contributed by atoms with E-state index < -0.39 is 0 Å². The van der Waals surface area contributed by atoms with E-state index in [0.29, 0.717) is 18.0 Å². The van der Waals surface area contributed by atoms with Crippen molar-refractivity contribution in [1.29, 1.82) is 0 Å². The van der Waals surface area contributed by atoms with Crippen molar-refractivity contribution in [1.82, 2.24) is 14.5 Å². The molecule has 1 saturated heterocycles. The molecule has 1 aliphatic rings. The number of fused-ring (bicyclic) bond motifs is 1. The fourth-order valence-corrected chi connectivity index (χ4v) is 5.08. The van der Waals surface area contributed by atoms with Crippen LogP contribution in [0, 0.1) is 0 Å². The van der Waals surface area contributed by atoms with E-state index in [1.165, 1.54) is 0 Å². The molecule has 4 aromatic rings. The molecule has 2 aromatic heterocycles. The molecule has 0 spiro atoms. The fourth-order valence-electron chi connectivity index (χ4n) is 4.02. The quantitative estimate of drug-likeness (QED) is 0.422. The Morgan fingerprint density at radius 1 is 1.03 bits per heavy atom.